The van der Waals surface area contributed by atoms with Gasteiger partial charge in [0.2, 0.25) is 0 Å². The van der Waals surface area contributed by atoms with Crippen LogP contribution >= 0.6 is 0 Å². The SMILES string of the molecule is Cc1cccc(-n2cc(C)c3cc(C(F)(F)F)ccc32)c1. The van der Waals surface area contributed by atoms with E-state index in [4.69, 9.17) is 0 Å². The average molecular weight is 289 g/mol. The van der Waals surface area contributed by atoms with Crippen molar-refractivity contribution in [3.8, 4) is 5.69 Å². The van der Waals surface area contributed by atoms with E-state index in [1.807, 2.05) is 48.9 Å². The first-order chi connectivity index (χ1) is 9.86. The van der Waals surface area contributed by atoms with E-state index in [1.165, 1.54) is 12.1 Å². The largest absolute Gasteiger partial charge is 0.416 e. The number of aryl methyl sites for hydroxylation is 2. The van der Waals surface area contributed by atoms with Crippen LogP contribution in [0.2, 0.25) is 0 Å². The smallest absolute Gasteiger partial charge is 0.316 e. The van der Waals surface area contributed by atoms with Gasteiger partial charge < -0.3 is 4.57 Å². The van der Waals surface area contributed by atoms with Crippen LogP contribution < -0.4 is 0 Å². The molecule has 108 valence electrons. The van der Waals surface area contributed by atoms with Gasteiger partial charge in [-0.1, -0.05) is 12.1 Å². The third-order valence-corrected chi connectivity index (χ3v) is 3.61. The summed E-state index contributed by atoms with van der Waals surface area (Å²) in [7, 11) is 0. The second-order valence-corrected chi connectivity index (χ2v) is 5.25. The van der Waals surface area contributed by atoms with Gasteiger partial charge in [0, 0.05) is 17.3 Å². The standard InChI is InChI=1S/C17H14F3N/c1-11-4-3-5-14(8-11)21-10-12(2)15-9-13(17(18,19)20)6-7-16(15)21/h3-10H,1-2H3. The van der Waals surface area contributed by atoms with Gasteiger partial charge in [0.25, 0.3) is 0 Å². The van der Waals surface area contributed by atoms with Crippen LogP contribution in [-0.4, -0.2) is 4.57 Å². The Bertz CT molecular complexity index is 813. The van der Waals surface area contributed by atoms with Gasteiger partial charge in [0.15, 0.2) is 0 Å². The van der Waals surface area contributed by atoms with Crippen LogP contribution in [-0.2, 0) is 6.18 Å². The van der Waals surface area contributed by atoms with Gasteiger partial charge in [-0.15, -0.1) is 0 Å². The zero-order valence-electron chi connectivity index (χ0n) is 11.7. The minimum Gasteiger partial charge on any atom is -0.316 e. The molecule has 0 unspecified atom stereocenters. The highest BCUT2D eigenvalue weighted by atomic mass is 19.4. The maximum atomic E-state index is 12.8. The summed E-state index contributed by atoms with van der Waals surface area (Å²) in [6, 6.07) is 11.8. The Hall–Kier alpha value is -2.23. The van der Waals surface area contributed by atoms with Crippen molar-refractivity contribution in [1.82, 2.24) is 4.57 Å². The summed E-state index contributed by atoms with van der Waals surface area (Å²) >= 11 is 0. The fourth-order valence-corrected chi connectivity index (χ4v) is 2.56. The van der Waals surface area contributed by atoms with E-state index in [0.29, 0.717) is 5.39 Å². The van der Waals surface area contributed by atoms with Crippen molar-refractivity contribution in [1.29, 1.82) is 0 Å². The fraction of sp³-hybridized carbons (Fsp3) is 0.176. The molecule has 0 amide bonds. The Balaban J connectivity index is 2.23. The maximum Gasteiger partial charge on any atom is 0.416 e. The molecule has 0 spiro atoms. The number of hydrogen-bond acceptors (Lipinski definition) is 0. The highest BCUT2D eigenvalue weighted by Gasteiger charge is 2.30. The molecule has 0 radical (unpaired) electrons. The number of benzene rings is 2. The highest BCUT2D eigenvalue weighted by molar-refractivity contribution is 5.86. The summed E-state index contributed by atoms with van der Waals surface area (Å²) in [5.41, 5.74) is 3.07. The number of alkyl halides is 3. The van der Waals surface area contributed by atoms with E-state index in [1.54, 1.807) is 0 Å². The molecule has 3 aromatic rings. The first-order valence-corrected chi connectivity index (χ1v) is 6.62. The molecule has 0 fully saturated rings. The zero-order valence-corrected chi connectivity index (χ0v) is 11.7. The minimum atomic E-state index is -4.31. The summed E-state index contributed by atoms with van der Waals surface area (Å²) in [6.07, 6.45) is -2.44. The molecule has 0 aliphatic rings. The van der Waals surface area contributed by atoms with E-state index in [0.717, 1.165) is 28.4 Å². The summed E-state index contributed by atoms with van der Waals surface area (Å²) in [4.78, 5) is 0. The lowest BCUT2D eigenvalue weighted by Gasteiger charge is -2.09. The number of aromatic nitrogens is 1. The molecular formula is C17H14F3N. The van der Waals surface area contributed by atoms with Crippen LogP contribution in [0.1, 0.15) is 16.7 Å². The van der Waals surface area contributed by atoms with E-state index in [2.05, 4.69) is 0 Å². The molecule has 1 nitrogen and oxygen atoms in total. The Labute approximate surface area is 120 Å². The molecule has 0 aliphatic carbocycles. The van der Waals surface area contributed by atoms with E-state index >= 15 is 0 Å². The molecule has 0 bridgehead atoms. The van der Waals surface area contributed by atoms with Gasteiger partial charge in [-0.3, -0.25) is 0 Å². The van der Waals surface area contributed by atoms with Crippen LogP contribution in [0.4, 0.5) is 13.2 Å². The second kappa shape index (κ2) is 4.65. The fourth-order valence-electron chi connectivity index (χ4n) is 2.56. The first-order valence-electron chi connectivity index (χ1n) is 6.62. The van der Waals surface area contributed by atoms with Crippen molar-refractivity contribution in [2.24, 2.45) is 0 Å². The topological polar surface area (TPSA) is 4.93 Å². The van der Waals surface area contributed by atoms with Crippen molar-refractivity contribution in [2.45, 2.75) is 20.0 Å². The highest BCUT2D eigenvalue weighted by Crippen LogP contribution is 2.33. The number of fused-ring (bicyclic) bond motifs is 1. The normalized spacial score (nSPS) is 12.0. The van der Waals surface area contributed by atoms with Crippen LogP contribution in [0, 0.1) is 13.8 Å². The molecule has 0 atom stereocenters. The monoisotopic (exact) mass is 289 g/mol. The lowest BCUT2D eigenvalue weighted by Crippen LogP contribution is -2.04. The lowest BCUT2D eigenvalue weighted by atomic mass is 10.1. The van der Waals surface area contributed by atoms with E-state index in [-0.39, 0.29) is 0 Å². The van der Waals surface area contributed by atoms with Gasteiger partial charge in [-0.05, 0) is 55.3 Å². The average Bonchev–Trinajstić information content (AvgIpc) is 2.75. The predicted octanol–water partition coefficient (Wildman–Crippen LogP) is 5.27. The summed E-state index contributed by atoms with van der Waals surface area (Å²) < 4.78 is 40.4. The Morgan fingerprint density at radius 3 is 2.38 bits per heavy atom. The van der Waals surface area contributed by atoms with Crippen LogP contribution in [0.3, 0.4) is 0 Å². The van der Waals surface area contributed by atoms with Crippen LogP contribution in [0.5, 0.6) is 0 Å². The molecule has 1 aromatic heterocycles. The molecule has 0 N–H and O–H groups in total. The lowest BCUT2D eigenvalue weighted by molar-refractivity contribution is -0.137. The molecule has 0 saturated heterocycles. The van der Waals surface area contributed by atoms with Crippen LogP contribution in [0.15, 0.2) is 48.7 Å². The zero-order chi connectivity index (χ0) is 15.2. The third-order valence-electron chi connectivity index (χ3n) is 3.61. The van der Waals surface area contributed by atoms with Crippen molar-refractivity contribution < 1.29 is 13.2 Å². The number of rotatable bonds is 1. The van der Waals surface area contributed by atoms with Crippen molar-refractivity contribution >= 4 is 10.9 Å². The van der Waals surface area contributed by atoms with E-state index < -0.39 is 11.7 Å². The van der Waals surface area contributed by atoms with Gasteiger partial charge in [-0.25, -0.2) is 0 Å². The number of nitrogens with zero attached hydrogens (tertiary/aromatic N) is 1. The summed E-state index contributed by atoms with van der Waals surface area (Å²) in [5, 5.41) is 0.631. The first kappa shape index (κ1) is 13.7. The predicted molar refractivity (Wildman–Crippen MR) is 77.8 cm³/mol. The second-order valence-electron chi connectivity index (χ2n) is 5.25. The molecule has 4 heteroatoms. The Morgan fingerprint density at radius 1 is 0.952 bits per heavy atom. The van der Waals surface area contributed by atoms with Crippen LogP contribution in [0.25, 0.3) is 16.6 Å². The van der Waals surface area contributed by atoms with Crippen molar-refractivity contribution in [3.05, 3.63) is 65.4 Å². The van der Waals surface area contributed by atoms with E-state index in [9.17, 15) is 13.2 Å². The number of hydrogen-bond donors (Lipinski definition) is 0. The van der Waals surface area contributed by atoms with Gasteiger partial charge >= 0.3 is 6.18 Å². The molecular weight excluding hydrogens is 275 g/mol. The van der Waals surface area contributed by atoms with Gasteiger partial charge in [0.05, 0.1) is 11.1 Å². The quantitative estimate of drug-likeness (QED) is 0.575. The van der Waals surface area contributed by atoms with Gasteiger partial charge in [-0.2, -0.15) is 13.2 Å². The summed E-state index contributed by atoms with van der Waals surface area (Å²) in [6.45, 7) is 3.82. The Morgan fingerprint density at radius 2 is 1.71 bits per heavy atom. The molecule has 2 aromatic carbocycles. The third kappa shape index (κ3) is 2.42. The van der Waals surface area contributed by atoms with Crippen molar-refractivity contribution in [3.63, 3.8) is 0 Å². The molecule has 3 rings (SSSR count). The molecule has 1 heterocycles. The molecule has 0 saturated carbocycles. The number of halogens is 3. The minimum absolute atomic E-state index is 0.611. The molecule has 21 heavy (non-hydrogen) atoms. The van der Waals surface area contributed by atoms with Gasteiger partial charge in [0.1, 0.15) is 0 Å². The maximum absolute atomic E-state index is 12.8. The summed E-state index contributed by atoms with van der Waals surface area (Å²) in [5.74, 6) is 0. The molecule has 0 aliphatic heterocycles. The van der Waals surface area contributed by atoms with Crippen molar-refractivity contribution in [2.75, 3.05) is 0 Å². The Kier molecular flexibility index (Phi) is 3.04.